The molecule has 36 heavy (non-hydrogen) atoms. The molecule has 0 aliphatic carbocycles. The average Bonchev–Trinajstić information content (AvgIpc) is 3.01. The Kier molecular flexibility index (Phi) is 8.29. The number of halogens is 1. The van der Waals surface area contributed by atoms with Crippen molar-refractivity contribution < 1.29 is 37.1 Å². The monoisotopic (exact) mass is 527 g/mol. The van der Waals surface area contributed by atoms with Crippen LogP contribution in [0.15, 0.2) is 52.2 Å². The van der Waals surface area contributed by atoms with E-state index in [1.165, 1.54) is 19.1 Å². The van der Waals surface area contributed by atoms with Crippen LogP contribution in [0, 0.1) is 0 Å². The fourth-order valence-corrected chi connectivity index (χ4v) is 4.83. The van der Waals surface area contributed by atoms with Crippen molar-refractivity contribution in [3.05, 3.63) is 63.4 Å². The van der Waals surface area contributed by atoms with Crippen molar-refractivity contribution in [2.24, 2.45) is 0 Å². The molecule has 1 aliphatic rings. The third kappa shape index (κ3) is 6.35. The maximum absolute atomic E-state index is 15.3. The highest BCUT2D eigenvalue weighted by atomic mass is 31.2. The van der Waals surface area contributed by atoms with Crippen LogP contribution in [0.25, 0.3) is 0 Å². The van der Waals surface area contributed by atoms with Crippen LogP contribution in [-0.2, 0) is 28.2 Å². The van der Waals surface area contributed by atoms with Gasteiger partial charge in [0, 0.05) is 12.3 Å². The van der Waals surface area contributed by atoms with E-state index in [0.29, 0.717) is 0 Å². The number of esters is 1. The van der Waals surface area contributed by atoms with E-state index in [1.807, 2.05) is 4.98 Å². The molecule has 0 radical (unpaired) electrons. The molecule has 1 aromatic carbocycles. The number of alkyl halides is 1. The molecule has 5 atom stereocenters. The molecule has 12 nitrogen and oxygen atoms in total. The Hall–Kier alpha value is -3.12. The number of rotatable bonds is 10. The van der Waals surface area contributed by atoms with Gasteiger partial charge in [-0.3, -0.25) is 28.5 Å². The van der Waals surface area contributed by atoms with E-state index in [9.17, 15) is 23.7 Å². The Balaban J connectivity index is 1.80. The number of nitrogens with one attached hydrogen (secondary N) is 2. The molecule has 3 rings (SSSR count). The predicted octanol–water partition coefficient (Wildman–Crippen LogP) is 1.86. The second kappa shape index (κ2) is 10.9. The summed E-state index contributed by atoms with van der Waals surface area (Å²) in [7, 11) is -4.34. The summed E-state index contributed by atoms with van der Waals surface area (Å²) < 4.78 is 51.0. The maximum atomic E-state index is 15.3. The van der Waals surface area contributed by atoms with E-state index >= 15 is 4.39 Å². The molecule has 1 aromatic heterocycles. The number of aromatic nitrogens is 2. The van der Waals surface area contributed by atoms with Crippen LogP contribution >= 0.6 is 7.75 Å². The SMILES string of the molecule is CC(C)OC(=O)[C@H](C)NP(=O)(OCC1OC(n2ccc(=O)[nH]c2=O)[C@](C)(F)C1=O)Oc1ccccc1. The van der Waals surface area contributed by atoms with Gasteiger partial charge in [0.2, 0.25) is 11.5 Å². The smallest absolute Gasteiger partial charge is 0.459 e. The number of ether oxygens (including phenoxy) is 2. The van der Waals surface area contributed by atoms with Crippen molar-refractivity contribution >= 4 is 19.5 Å². The number of hydrogen-bond donors (Lipinski definition) is 2. The molecule has 2 aromatic rings. The molecule has 14 heteroatoms. The second-order valence-electron chi connectivity index (χ2n) is 8.47. The molecule has 0 amide bonds. The Morgan fingerprint density at radius 2 is 1.89 bits per heavy atom. The lowest BCUT2D eigenvalue weighted by Gasteiger charge is -2.24. The van der Waals surface area contributed by atoms with E-state index in [0.717, 1.165) is 23.8 Å². The standard InChI is InChI=1S/C22H27FN3O9P/c1-13(2)33-19(29)14(3)25-36(31,35-15-8-6-5-7-9-15)32-12-16-18(28)22(4,23)20(34-16)26-11-10-17(27)24-21(26)30/h5-11,13-14,16,20H,12H2,1-4H3,(H,25,31)(H,24,27,30)/t14-,16?,20?,22+,36?/m0/s1. The number of H-pyrrole nitrogens is 1. The molecule has 196 valence electrons. The lowest BCUT2D eigenvalue weighted by molar-refractivity contribution is -0.149. The van der Waals surface area contributed by atoms with Gasteiger partial charge in [0.1, 0.15) is 17.9 Å². The first-order chi connectivity index (χ1) is 16.8. The summed E-state index contributed by atoms with van der Waals surface area (Å²) in [6.45, 7) is 4.84. The van der Waals surface area contributed by atoms with E-state index in [2.05, 4.69) is 5.09 Å². The predicted molar refractivity (Wildman–Crippen MR) is 124 cm³/mol. The summed E-state index contributed by atoms with van der Waals surface area (Å²) in [5.74, 6) is -1.68. The minimum absolute atomic E-state index is 0.129. The molecule has 0 bridgehead atoms. The van der Waals surface area contributed by atoms with Gasteiger partial charge in [-0.2, -0.15) is 5.09 Å². The molecule has 1 fully saturated rings. The van der Waals surface area contributed by atoms with E-state index in [4.69, 9.17) is 18.5 Å². The minimum Gasteiger partial charge on any atom is -0.462 e. The summed E-state index contributed by atoms with van der Waals surface area (Å²) in [6, 6.07) is 7.73. The zero-order valence-corrected chi connectivity index (χ0v) is 20.9. The Morgan fingerprint density at radius 3 is 2.50 bits per heavy atom. The number of ketones is 1. The molecule has 0 saturated carbocycles. The van der Waals surface area contributed by atoms with Crippen molar-refractivity contribution in [2.45, 2.75) is 57.8 Å². The maximum Gasteiger partial charge on any atom is 0.459 e. The third-order valence-electron chi connectivity index (χ3n) is 5.06. The van der Waals surface area contributed by atoms with E-state index < -0.39 is 67.5 Å². The average molecular weight is 527 g/mol. The van der Waals surface area contributed by atoms with Crippen molar-refractivity contribution in [2.75, 3.05) is 6.61 Å². The number of carbonyl (C=O) groups excluding carboxylic acids is 2. The quantitative estimate of drug-likeness (QED) is 0.346. The molecular formula is C22H27FN3O9P. The van der Waals surface area contributed by atoms with Crippen molar-refractivity contribution in [1.82, 2.24) is 14.6 Å². The number of carbonyl (C=O) groups is 2. The fourth-order valence-electron chi connectivity index (χ4n) is 3.34. The molecule has 3 unspecified atom stereocenters. The lowest BCUT2D eigenvalue weighted by atomic mass is 10.0. The van der Waals surface area contributed by atoms with Gasteiger partial charge in [-0.05, 0) is 39.8 Å². The van der Waals surface area contributed by atoms with Gasteiger partial charge in [-0.1, -0.05) is 18.2 Å². The number of benzene rings is 1. The first kappa shape index (κ1) is 27.5. The Bertz CT molecular complexity index is 1260. The van der Waals surface area contributed by atoms with E-state index in [-0.39, 0.29) is 5.75 Å². The van der Waals surface area contributed by atoms with Gasteiger partial charge >= 0.3 is 19.4 Å². The van der Waals surface area contributed by atoms with Gasteiger partial charge < -0.3 is 14.0 Å². The molecule has 2 N–H and O–H groups in total. The molecule has 1 saturated heterocycles. The number of nitrogens with zero attached hydrogens (tertiary/aromatic N) is 1. The molecule has 2 heterocycles. The van der Waals surface area contributed by atoms with Crippen molar-refractivity contribution in [3.8, 4) is 5.75 Å². The fraction of sp³-hybridized carbons (Fsp3) is 0.455. The van der Waals surface area contributed by atoms with Crippen molar-refractivity contribution in [3.63, 3.8) is 0 Å². The zero-order chi connectivity index (χ0) is 26.7. The van der Waals surface area contributed by atoms with Crippen LogP contribution in [0.2, 0.25) is 0 Å². The number of aromatic amines is 1. The molecular weight excluding hydrogens is 500 g/mol. The largest absolute Gasteiger partial charge is 0.462 e. The Labute approximate surface area is 205 Å². The second-order valence-corrected chi connectivity index (χ2v) is 10.2. The van der Waals surface area contributed by atoms with Crippen LogP contribution in [0.4, 0.5) is 4.39 Å². The number of Topliss-reactive ketones (excluding diaryl/α,β-unsaturated/α-hetero) is 1. The van der Waals surface area contributed by atoms with Crippen molar-refractivity contribution in [1.29, 1.82) is 0 Å². The topological polar surface area (TPSA) is 155 Å². The third-order valence-corrected chi connectivity index (χ3v) is 6.70. The summed E-state index contributed by atoms with van der Waals surface area (Å²) in [4.78, 5) is 50.4. The lowest BCUT2D eigenvalue weighted by Crippen LogP contribution is -2.41. The van der Waals surface area contributed by atoms with E-state index in [1.54, 1.807) is 32.0 Å². The first-order valence-corrected chi connectivity index (χ1v) is 12.5. The van der Waals surface area contributed by atoms with Gasteiger partial charge in [0.25, 0.3) is 5.56 Å². The summed E-state index contributed by atoms with van der Waals surface area (Å²) >= 11 is 0. The van der Waals surface area contributed by atoms with Gasteiger partial charge in [-0.15, -0.1) is 0 Å². The van der Waals surface area contributed by atoms with Crippen LogP contribution < -0.4 is 20.9 Å². The normalized spacial score (nSPS) is 24.3. The summed E-state index contributed by atoms with van der Waals surface area (Å²) in [5, 5.41) is 2.45. The summed E-state index contributed by atoms with van der Waals surface area (Å²) in [6.07, 6.45) is -2.74. The van der Waals surface area contributed by atoms with Gasteiger partial charge in [0.05, 0.1) is 12.7 Å². The van der Waals surface area contributed by atoms with Crippen LogP contribution in [-0.4, -0.2) is 51.8 Å². The number of hydrogen-bond acceptors (Lipinski definition) is 9. The first-order valence-electron chi connectivity index (χ1n) is 11.0. The van der Waals surface area contributed by atoms with Crippen LogP contribution in [0.1, 0.15) is 33.9 Å². The van der Waals surface area contributed by atoms with Gasteiger partial charge in [-0.25, -0.2) is 13.8 Å². The van der Waals surface area contributed by atoms with Crippen LogP contribution in [0.3, 0.4) is 0 Å². The highest BCUT2D eigenvalue weighted by Crippen LogP contribution is 2.46. The Morgan fingerprint density at radius 1 is 1.22 bits per heavy atom. The zero-order valence-electron chi connectivity index (χ0n) is 20.0. The number of para-hydroxylation sites is 1. The summed E-state index contributed by atoms with van der Waals surface area (Å²) in [5.41, 5.74) is -4.37. The van der Waals surface area contributed by atoms with Gasteiger partial charge in [0.15, 0.2) is 6.23 Å². The molecule has 0 spiro atoms. The highest BCUT2D eigenvalue weighted by Gasteiger charge is 2.56. The van der Waals surface area contributed by atoms with Crippen LogP contribution in [0.5, 0.6) is 5.75 Å². The highest BCUT2D eigenvalue weighted by molar-refractivity contribution is 7.52. The minimum atomic E-state index is -4.34. The molecule has 1 aliphatic heterocycles.